The van der Waals surface area contributed by atoms with E-state index < -0.39 is 22.6 Å². The van der Waals surface area contributed by atoms with E-state index in [2.05, 4.69) is 24.4 Å². The van der Waals surface area contributed by atoms with Crippen molar-refractivity contribution in [2.45, 2.75) is 103 Å². The Kier molecular flexibility index (Phi) is 7.69. The Morgan fingerprint density at radius 2 is 1.21 bits per heavy atom. The molecule has 2 saturated carbocycles. The molecule has 2 aliphatic carbocycles. The van der Waals surface area contributed by atoms with E-state index in [1.807, 2.05) is 99.9 Å². The van der Waals surface area contributed by atoms with Crippen molar-refractivity contribution in [1.29, 1.82) is 0 Å². The number of rotatable bonds is 5. The first-order valence-electron chi connectivity index (χ1n) is 15.6. The van der Waals surface area contributed by atoms with E-state index in [1.165, 1.54) is 5.56 Å². The Labute approximate surface area is 256 Å². The summed E-state index contributed by atoms with van der Waals surface area (Å²) in [5.41, 5.74) is 6.38. The van der Waals surface area contributed by atoms with Gasteiger partial charge in [-0.1, -0.05) is 60.7 Å². The van der Waals surface area contributed by atoms with Gasteiger partial charge in [0.1, 0.15) is 5.60 Å². The van der Waals surface area contributed by atoms with Gasteiger partial charge in [0.05, 0.1) is 28.5 Å². The summed E-state index contributed by atoms with van der Waals surface area (Å²) in [5.74, 6) is 0.395. The first kappa shape index (κ1) is 31.0. The van der Waals surface area contributed by atoms with Crippen LogP contribution in [0.5, 0.6) is 0 Å². The Bertz CT molecular complexity index is 1360. The van der Waals surface area contributed by atoms with Crippen LogP contribution in [0.4, 0.5) is 4.79 Å². The molecule has 4 fully saturated rings. The molecule has 4 aliphatic rings. The van der Waals surface area contributed by atoms with Crippen LogP contribution in [0.1, 0.15) is 97.4 Å². The van der Waals surface area contributed by atoms with E-state index in [-0.39, 0.29) is 34.9 Å². The number of carbonyl (C=O) groups excluding carboxylic acids is 3. The molecule has 0 aromatic heterocycles. The van der Waals surface area contributed by atoms with Crippen molar-refractivity contribution in [1.82, 2.24) is 15.1 Å². The second kappa shape index (κ2) is 10.7. The van der Waals surface area contributed by atoms with Crippen LogP contribution >= 0.6 is 0 Å². The molecule has 3 amide bonds. The smallest absolute Gasteiger partial charge is 0.408 e. The van der Waals surface area contributed by atoms with E-state index in [4.69, 9.17) is 10.5 Å². The molecular weight excluding hydrogens is 540 g/mol. The number of nitrogens with one attached hydrogen (secondary N) is 1. The molecule has 43 heavy (non-hydrogen) atoms. The minimum atomic E-state index is -0.602. The normalized spacial score (nSPS) is 27.9. The van der Waals surface area contributed by atoms with Gasteiger partial charge in [0, 0.05) is 18.6 Å². The topological polar surface area (TPSA) is 105 Å². The summed E-state index contributed by atoms with van der Waals surface area (Å²) < 4.78 is 5.42. The highest BCUT2D eigenvalue weighted by Gasteiger charge is 2.70. The average Bonchev–Trinajstić information content (AvgIpc) is 3.86. The second-order valence-corrected chi connectivity index (χ2v) is 14.6. The van der Waals surface area contributed by atoms with Crippen molar-refractivity contribution >= 4 is 17.9 Å². The van der Waals surface area contributed by atoms with Crippen molar-refractivity contribution in [2.24, 2.45) is 16.6 Å². The van der Waals surface area contributed by atoms with E-state index in [0.717, 1.165) is 31.2 Å². The Morgan fingerprint density at radius 1 is 0.791 bits per heavy atom. The molecule has 2 spiro atoms. The SMILES string of the molecule is C[C@H](c1ccccc1)N1C[C@@](C)(N)C2(CC2)C1=O.C[C@H](c1ccccc1)N1C[C@@](C)(NC(=O)OC(C)(C)C)C2(CC2)C1=O. The molecule has 3 N–H and O–H groups in total. The van der Waals surface area contributed by atoms with Crippen LogP contribution in [0, 0.1) is 10.8 Å². The number of nitrogens with two attached hydrogens (primary N) is 1. The minimum absolute atomic E-state index is 0.0200. The van der Waals surface area contributed by atoms with Crippen molar-refractivity contribution in [2.75, 3.05) is 13.1 Å². The van der Waals surface area contributed by atoms with Crippen LogP contribution in [0.3, 0.4) is 0 Å². The first-order chi connectivity index (χ1) is 20.1. The van der Waals surface area contributed by atoms with Gasteiger partial charge in [0.15, 0.2) is 0 Å². The second-order valence-electron chi connectivity index (χ2n) is 14.6. The summed E-state index contributed by atoms with van der Waals surface area (Å²) in [4.78, 5) is 41.9. The average molecular weight is 589 g/mol. The third kappa shape index (κ3) is 5.54. The molecule has 8 nitrogen and oxygen atoms in total. The fourth-order valence-electron chi connectivity index (χ4n) is 7.11. The van der Waals surface area contributed by atoms with E-state index in [9.17, 15) is 14.4 Å². The largest absolute Gasteiger partial charge is 0.444 e. The highest BCUT2D eigenvalue weighted by molar-refractivity contribution is 5.91. The minimum Gasteiger partial charge on any atom is -0.444 e. The van der Waals surface area contributed by atoms with Gasteiger partial charge in [-0.25, -0.2) is 4.79 Å². The molecule has 0 radical (unpaired) electrons. The van der Waals surface area contributed by atoms with Crippen molar-refractivity contribution in [3.63, 3.8) is 0 Å². The number of amides is 3. The van der Waals surface area contributed by atoms with Gasteiger partial charge in [-0.15, -0.1) is 0 Å². The lowest BCUT2D eigenvalue weighted by molar-refractivity contribution is -0.135. The summed E-state index contributed by atoms with van der Waals surface area (Å²) in [7, 11) is 0. The molecule has 0 unspecified atom stereocenters. The monoisotopic (exact) mass is 588 g/mol. The number of hydrogen-bond acceptors (Lipinski definition) is 5. The summed E-state index contributed by atoms with van der Waals surface area (Å²) >= 11 is 0. The zero-order chi connectivity index (χ0) is 31.4. The molecule has 2 aromatic carbocycles. The van der Waals surface area contributed by atoms with Gasteiger partial charge in [0.25, 0.3) is 0 Å². The van der Waals surface area contributed by atoms with Crippen molar-refractivity contribution < 1.29 is 19.1 Å². The molecule has 4 atom stereocenters. The highest BCUT2D eigenvalue weighted by Crippen LogP contribution is 2.60. The van der Waals surface area contributed by atoms with Crippen LogP contribution < -0.4 is 11.1 Å². The number of hydrogen-bond donors (Lipinski definition) is 2. The number of ether oxygens (including phenoxy) is 1. The third-order valence-electron chi connectivity index (χ3n) is 10.3. The lowest BCUT2D eigenvalue weighted by Crippen LogP contribution is -2.54. The van der Waals surface area contributed by atoms with Crippen LogP contribution in [0.25, 0.3) is 0 Å². The molecule has 2 heterocycles. The van der Waals surface area contributed by atoms with Crippen LogP contribution in [0.2, 0.25) is 0 Å². The van der Waals surface area contributed by atoms with Gasteiger partial charge in [-0.3, -0.25) is 9.59 Å². The predicted molar refractivity (Wildman–Crippen MR) is 167 cm³/mol. The molecule has 2 saturated heterocycles. The maximum absolute atomic E-state index is 13.1. The summed E-state index contributed by atoms with van der Waals surface area (Å²) in [6.07, 6.45) is 3.09. The van der Waals surface area contributed by atoms with Crippen LogP contribution in [-0.4, -0.2) is 57.5 Å². The fraction of sp³-hybridized carbons (Fsp3) is 0.571. The van der Waals surface area contributed by atoms with E-state index >= 15 is 0 Å². The van der Waals surface area contributed by atoms with Gasteiger partial charge in [0.2, 0.25) is 11.8 Å². The number of alkyl carbamates (subject to hydrolysis) is 1. The maximum atomic E-state index is 13.1. The molecular formula is C35H48N4O4. The van der Waals surface area contributed by atoms with Gasteiger partial charge < -0.3 is 25.6 Å². The summed E-state index contributed by atoms with van der Waals surface area (Å²) in [5, 5.41) is 3.01. The highest BCUT2D eigenvalue weighted by atomic mass is 16.6. The van der Waals surface area contributed by atoms with Crippen LogP contribution in [-0.2, 0) is 14.3 Å². The fourth-order valence-corrected chi connectivity index (χ4v) is 7.11. The lowest BCUT2D eigenvalue weighted by Gasteiger charge is -2.32. The first-order valence-corrected chi connectivity index (χ1v) is 15.6. The zero-order valence-electron chi connectivity index (χ0n) is 26.8. The lowest BCUT2D eigenvalue weighted by atomic mass is 9.85. The third-order valence-corrected chi connectivity index (χ3v) is 10.3. The molecule has 232 valence electrons. The summed E-state index contributed by atoms with van der Waals surface area (Å²) in [6.45, 7) is 14.8. The summed E-state index contributed by atoms with van der Waals surface area (Å²) in [6, 6.07) is 20.3. The van der Waals surface area contributed by atoms with Gasteiger partial charge >= 0.3 is 6.09 Å². The van der Waals surface area contributed by atoms with Crippen molar-refractivity contribution in [3.05, 3.63) is 71.8 Å². The number of benzene rings is 2. The Hall–Kier alpha value is -3.39. The standard InChI is InChI=1S/C20H28N2O3.C15H20N2O/c1-14(15-9-7-6-8-10-15)22-13-19(5,20(11-12-20)16(22)23)21-17(24)25-18(2,3)4;1-11(12-6-4-3-5-7-12)17-10-14(2,16)15(8-9-15)13(17)18/h6-10,14H,11-13H2,1-5H3,(H,21,24);3-7,11H,8-10,16H2,1-2H3/t14-,19-;11-,14-/m11/s1. The van der Waals surface area contributed by atoms with Gasteiger partial charge in [-0.2, -0.15) is 0 Å². The number of nitrogens with zero attached hydrogens (tertiary/aromatic N) is 2. The van der Waals surface area contributed by atoms with E-state index in [0.29, 0.717) is 13.1 Å². The van der Waals surface area contributed by atoms with Crippen LogP contribution in [0.15, 0.2) is 60.7 Å². The zero-order valence-corrected chi connectivity index (χ0v) is 26.8. The molecule has 2 aromatic rings. The number of carbonyl (C=O) groups is 3. The van der Waals surface area contributed by atoms with E-state index in [1.54, 1.807) is 0 Å². The predicted octanol–water partition coefficient (Wildman–Crippen LogP) is 5.74. The van der Waals surface area contributed by atoms with Crippen molar-refractivity contribution in [3.8, 4) is 0 Å². The molecule has 0 bridgehead atoms. The molecule has 8 heteroatoms. The number of likely N-dealkylation sites (tertiary alicyclic amines) is 2. The molecule has 6 rings (SSSR count). The Morgan fingerprint density at radius 3 is 1.60 bits per heavy atom. The van der Waals surface area contributed by atoms with Gasteiger partial charge in [-0.05, 0) is 85.3 Å². The molecule has 2 aliphatic heterocycles. The quantitative estimate of drug-likeness (QED) is 0.464. The maximum Gasteiger partial charge on any atom is 0.408 e. The Balaban J connectivity index is 0.000000180.